The molecule has 0 bridgehead atoms. The van der Waals surface area contributed by atoms with Crippen molar-refractivity contribution in [3.63, 3.8) is 0 Å². The summed E-state index contributed by atoms with van der Waals surface area (Å²) < 4.78 is 53.9. The number of hydrogen-bond donors (Lipinski definition) is 1. The zero-order valence-corrected chi connectivity index (χ0v) is 15.7. The van der Waals surface area contributed by atoms with Gasteiger partial charge in [-0.3, -0.25) is 9.20 Å². The highest BCUT2D eigenvalue weighted by Crippen LogP contribution is 2.31. The van der Waals surface area contributed by atoms with Gasteiger partial charge in [-0.15, -0.1) is 0 Å². The lowest BCUT2D eigenvalue weighted by Gasteiger charge is -2.10. The molecule has 152 valence electrons. The van der Waals surface area contributed by atoms with Crippen molar-refractivity contribution in [3.8, 4) is 11.3 Å². The number of aromatic nitrogens is 2. The summed E-state index contributed by atoms with van der Waals surface area (Å²) in [6.45, 7) is 1.88. The molecule has 0 aliphatic carbocycles. The second-order valence-electron chi connectivity index (χ2n) is 6.78. The van der Waals surface area contributed by atoms with Gasteiger partial charge >= 0.3 is 6.18 Å². The van der Waals surface area contributed by atoms with Gasteiger partial charge in [-0.25, -0.2) is 9.37 Å². The topological polar surface area (TPSA) is 46.4 Å². The van der Waals surface area contributed by atoms with Gasteiger partial charge in [0.15, 0.2) is 0 Å². The van der Waals surface area contributed by atoms with Crippen molar-refractivity contribution < 1.29 is 22.4 Å². The predicted molar refractivity (Wildman–Crippen MR) is 105 cm³/mol. The first-order valence-corrected chi connectivity index (χ1v) is 8.95. The molecule has 4 aromatic rings. The van der Waals surface area contributed by atoms with Crippen LogP contribution in [0.2, 0.25) is 0 Å². The van der Waals surface area contributed by atoms with E-state index in [9.17, 15) is 22.4 Å². The molecule has 2 heterocycles. The Bertz CT molecular complexity index is 1240. The number of imidazole rings is 1. The number of alkyl halides is 3. The van der Waals surface area contributed by atoms with Gasteiger partial charge in [0.2, 0.25) is 0 Å². The molecule has 0 unspecified atom stereocenters. The predicted octanol–water partition coefficient (Wildman–Crippen LogP) is 5.72. The number of carbonyl (C=O) groups is 1. The average molecular weight is 413 g/mol. The minimum atomic E-state index is -4.56. The summed E-state index contributed by atoms with van der Waals surface area (Å²) in [5.41, 5.74) is 1.35. The minimum absolute atomic E-state index is 0.142. The zero-order chi connectivity index (χ0) is 21.5. The molecule has 0 atom stereocenters. The van der Waals surface area contributed by atoms with Gasteiger partial charge in [0.1, 0.15) is 23.0 Å². The third kappa shape index (κ3) is 3.76. The number of rotatable bonds is 3. The SMILES string of the molecule is Cc1ccn2c(NC(=O)c3cccc(C(F)(F)F)c3)c(-c3ccc(F)cc3)nc2c1. The quantitative estimate of drug-likeness (QED) is 0.437. The third-order valence-electron chi connectivity index (χ3n) is 4.58. The van der Waals surface area contributed by atoms with Crippen LogP contribution in [-0.4, -0.2) is 15.3 Å². The van der Waals surface area contributed by atoms with Crippen LogP contribution >= 0.6 is 0 Å². The Morgan fingerprint density at radius 3 is 2.47 bits per heavy atom. The van der Waals surface area contributed by atoms with Crippen molar-refractivity contribution in [2.75, 3.05) is 5.32 Å². The Kier molecular flexibility index (Phi) is 4.77. The summed E-state index contributed by atoms with van der Waals surface area (Å²) in [5, 5.41) is 2.66. The summed E-state index contributed by atoms with van der Waals surface area (Å²) in [6.07, 6.45) is -2.86. The molecule has 2 aromatic heterocycles. The van der Waals surface area contributed by atoms with E-state index in [2.05, 4.69) is 10.3 Å². The fraction of sp³-hybridized carbons (Fsp3) is 0.0909. The van der Waals surface area contributed by atoms with Crippen LogP contribution in [0.15, 0.2) is 66.9 Å². The molecule has 1 amide bonds. The number of pyridine rings is 1. The number of halogens is 4. The van der Waals surface area contributed by atoms with Crippen LogP contribution in [0.1, 0.15) is 21.5 Å². The first kappa shape index (κ1) is 19.6. The van der Waals surface area contributed by atoms with Crippen LogP contribution < -0.4 is 5.32 Å². The van der Waals surface area contributed by atoms with Crippen molar-refractivity contribution in [1.29, 1.82) is 0 Å². The number of fused-ring (bicyclic) bond motifs is 1. The number of amides is 1. The van der Waals surface area contributed by atoms with Gasteiger partial charge in [0.05, 0.1) is 5.56 Å². The van der Waals surface area contributed by atoms with Crippen molar-refractivity contribution in [3.05, 3.63) is 89.4 Å². The van der Waals surface area contributed by atoms with Crippen LogP contribution in [0.3, 0.4) is 0 Å². The molecule has 8 heteroatoms. The second-order valence-corrected chi connectivity index (χ2v) is 6.78. The lowest BCUT2D eigenvalue weighted by Crippen LogP contribution is -2.15. The van der Waals surface area contributed by atoms with E-state index in [0.29, 0.717) is 16.9 Å². The maximum Gasteiger partial charge on any atom is 0.416 e. The summed E-state index contributed by atoms with van der Waals surface area (Å²) in [7, 11) is 0. The van der Waals surface area contributed by atoms with Gasteiger partial charge in [0.25, 0.3) is 5.91 Å². The van der Waals surface area contributed by atoms with Crippen LogP contribution in [0.5, 0.6) is 0 Å². The number of nitrogens with zero attached hydrogens (tertiary/aromatic N) is 2. The summed E-state index contributed by atoms with van der Waals surface area (Å²) in [5.74, 6) is -0.862. The molecular formula is C22H15F4N3O. The molecule has 4 nitrogen and oxygen atoms in total. The van der Waals surface area contributed by atoms with E-state index in [1.807, 2.05) is 13.0 Å². The van der Waals surface area contributed by atoms with E-state index in [-0.39, 0.29) is 11.4 Å². The van der Waals surface area contributed by atoms with Crippen molar-refractivity contribution in [2.24, 2.45) is 0 Å². The molecule has 0 aliphatic heterocycles. The number of benzene rings is 2. The van der Waals surface area contributed by atoms with Crippen molar-refractivity contribution in [1.82, 2.24) is 9.38 Å². The van der Waals surface area contributed by atoms with Crippen molar-refractivity contribution >= 4 is 17.4 Å². The minimum Gasteiger partial charge on any atom is -0.306 e. The largest absolute Gasteiger partial charge is 0.416 e. The first-order valence-electron chi connectivity index (χ1n) is 8.95. The van der Waals surface area contributed by atoms with Crippen LogP contribution in [0.4, 0.5) is 23.4 Å². The molecule has 0 saturated heterocycles. The number of nitrogens with one attached hydrogen (secondary N) is 1. The number of carbonyl (C=O) groups excluding carboxylic acids is 1. The van der Waals surface area contributed by atoms with Crippen LogP contribution in [-0.2, 0) is 6.18 Å². The van der Waals surface area contributed by atoms with E-state index in [1.165, 1.54) is 36.4 Å². The smallest absolute Gasteiger partial charge is 0.306 e. The van der Waals surface area contributed by atoms with Gasteiger partial charge in [-0.05, 0) is 67.1 Å². The first-order chi connectivity index (χ1) is 14.2. The lowest BCUT2D eigenvalue weighted by atomic mass is 10.1. The molecule has 0 aliphatic rings. The lowest BCUT2D eigenvalue weighted by molar-refractivity contribution is -0.137. The van der Waals surface area contributed by atoms with E-state index in [0.717, 1.165) is 17.7 Å². The van der Waals surface area contributed by atoms with Crippen LogP contribution in [0, 0.1) is 12.7 Å². The number of aryl methyl sites for hydroxylation is 1. The monoisotopic (exact) mass is 413 g/mol. The summed E-state index contributed by atoms with van der Waals surface area (Å²) >= 11 is 0. The average Bonchev–Trinajstić information content (AvgIpc) is 3.05. The van der Waals surface area contributed by atoms with Gasteiger partial charge < -0.3 is 5.32 Å². The van der Waals surface area contributed by atoms with Crippen LogP contribution in [0.25, 0.3) is 16.9 Å². The highest BCUT2D eigenvalue weighted by molar-refractivity contribution is 6.06. The molecule has 0 radical (unpaired) electrons. The fourth-order valence-electron chi connectivity index (χ4n) is 3.09. The van der Waals surface area contributed by atoms with E-state index in [4.69, 9.17) is 0 Å². The van der Waals surface area contributed by atoms with Gasteiger partial charge in [0, 0.05) is 17.3 Å². The maximum absolute atomic E-state index is 13.3. The van der Waals surface area contributed by atoms with E-state index in [1.54, 1.807) is 16.7 Å². The summed E-state index contributed by atoms with van der Waals surface area (Å²) in [6, 6.07) is 13.3. The Balaban J connectivity index is 1.79. The number of anilines is 1. The Labute approximate surface area is 168 Å². The standard InChI is InChI=1S/C22H15F4N3O/c1-13-9-10-29-18(11-13)27-19(14-5-7-17(23)8-6-14)20(29)28-21(30)15-3-2-4-16(12-15)22(24,25)26/h2-12H,1H3,(H,28,30). The van der Waals surface area contributed by atoms with Gasteiger partial charge in [-0.1, -0.05) is 6.07 Å². The maximum atomic E-state index is 13.3. The molecule has 2 aromatic carbocycles. The number of hydrogen-bond acceptors (Lipinski definition) is 2. The highest BCUT2D eigenvalue weighted by Gasteiger charge is 2.31. The van der Waals surface area contributed by atoms with E-state index < -0.39 is 23.5 Å². The summed E-state index contributed by atoms with van der Waals surface area (Å²) in [4.78, 5) is 17.3. The zero-order valence-electron chi connectivity index (χ0n) is 15.7. The third-order valence-corrected chi connectivity index (χ3v) is 4.58. The molecule has 30 heavy (non-hydrogen) atoms. The highest BCUT2D eigenvalue weighted by atomic mass is 19.4. The van der Waals surface area contributed by atoms with Crippen molar-refractivity contribution in [2.45, 2.75) is 13.1 Å². The Morgan fingerprint density at radius 2 is 1.77 bits per heavy atom. The Morgan fingerprint density at radius 1 is 1.03 bits per heavy atom. The molecule has 0 spiro atoms. The fourth-order valence-corrected chi connectivity index (χ4v) is 3.09. The Hall–Kier alpha value is -3.68. The second kappa shape index (κ2) is 7.29. The normalized spacial score (nSPS) is 11.6. The molecule has 0 saturated carbocycles. The molecular weight excluding hydrogens is 398 g/mol. The molecule has 4 rings (SSSR count). The van der Waals surface area contributed by atoms with Gasteiger partial charge in [-0.2, -0.15) is 13.2 Å². The molecule has 0 fully saturated rings. The molecule has 1 N–H and O–H groups in total. The van der Waals surface area contributed by atoms with E-state index >= 15 is 0 Å².